The molecule has 1 aromatic carbocycles. The fraction of sp³-hybridized carbons (Fsp3) is 0.350. The van der Waals surface area contributed by atoms with Crippen molar-refractivity contribution < 1.29 is 9.59 Å². The predicted octanol–water partition coefficient (Wildman–Crippen LogP) is 3.01. The van der Waals surface area contributed by atoms with Crippen LogP contribution < -0.4 is 5.32 Å². The van der Waals surface area contributed by atoms with Crippen LogP contribution in [-0.4, -0.2) is 40.3 Å². The second-order valence-electron chi connectivity index (χ2n) is 7.09. The van der Waals surface area contributed by atoms with Crippen LogP contribution in [0, 0.1) is 0 Å². The van der Waals surface area contributed by atoms with E-state index in [-0.39, 0.29) is 23.3 Å². The predicted molar refractivity (Wildman–Crippen MR) is 99.1 cm³/mol. The first kappa shape index (κ1) is 17.0. The number of aromatic nitrogens is 1. The maximum Gasteiger partial charge on any atom is 0.272 e. The summed E-state index contributed by atoms with van der Waals surface area (Å²) < 4.78 is 0. The third-order valence-electron chi connectivity index (χ3n) is 5.46. The first-order chi connectivity index (χ1) is 12.6. The average molecular weight is 370 g/mol. The van der Waals surface area contributed by atoms with Crippen LogP contribution in [0.3, 0.4) is 0 Å². The second-order valence-corrected chi connectivity index (χ2v) is 7.53. The molecule has 0 saturated carbocycles. The lowest BCUT2D eigenvalue weighted by molar-refractivity contribution is -0.121. The fourth-order valence-electron chi connectivity index (χ4n) is 3.97. The minimum atomic E-state index is -0.207. The van der Waals surface area contributed by atoms with Crippen molar-refractivity contribution in [2.75, 3.05) is 13.1 Å². The number of hydrogen-bond donors (Lipinski definition) is 1. The minimum absolute atomic E-state index is 0.0829. The molecule has 2 aliphatic heterocycles. The Balaban J connectivity index is 1.43. The lowest BCUT2D eigenvalue weighted by atomic mass is 9.82. The van der Waals surface area contributed by atoms with Gasteiger partial charge in [0.15, 0.2) is 0 Å². The highest BCUT2D eigenvalue weighted by atomic mass is 35.5. The van der Waals surface area contributed by atoms with E-state index in [0.717, 1.165) is 24.8 Å². The number of halogens is 1. The van der Waals surface area contributed by atoms with Crippen LogP contribution in [0.1, 0.15) is 41.2 Å². The number of benzene rings is 1. The van der Waals surface area contributed by atoms with Gasteiger partial charge >= 0.3 is 0 Å². The maximum atomic E-state index is 12.6. The highest BCUT2D eigenvalue weighted by molar-refractivity contribution is 6.30. The Morgan fingerprint density at radius 3 is 2.54 bits per heavy atom. The van der Waals surface area contributed by atoms with Gasteiger partial charge in [-0.3, -0.25) is 9.59 Å². The largest absolute Gasteiger partial charge is 0.350 e. The second kappa shape index (κ2) is 6.72. The zero-order valence-electron chi connectivity index (χ0n) is 14.3. The van der Waals surface area contributed by atoms with Crippen molar-refractivity contribution in [1.29, 1.82) is 0 Å². The summed E-state index contributed by atoms with van der Waals surface area (Å²) in [5, 5.41) is 3.73. The van der Waals surface area contributed by atoms with E-state index in [1.165, 1.54) is 6.20 Å². The average Bonchev–Trinajstić information content (AvgIpc) is 2.99. The van der Waals surface area contributed by atoms with Crippen molar-refractivity contribution in [3.63, 3.8) is 0 Å². The summed E-state index contributed by atoms with van der Waals surface area (Å²) in [5.74, 6) is -0.0906. The van der Waals surface area contributed by atoms with Gasteiger partial charge in [-0.1, -0.05) is 41.9 Å². The van der Waals surface area contributed by atoms with Crippen LogP contribution in [0.15, 0.2) is 48.7 Å². The topological polar surface area (TPSA) is 62.3 Å². The molecule has 5 nitrogen and oxygen atoms in total. The van der Waals surface area contributed by atoms with E-state index in [1.807, 2.05) is 35.2 Å². The summed E-state index contributed by atoms with van der Waals surface area (Å²) in [6.07, 6.45) is 3.81. The molecule has 2 aliphatic rings. The Morgan fingerprint density at radius 1 is 1.15 bits per heavy atom. The van der Waals surface area contributed by atoms with Gasteiger partial charge in [-0.2, -0.15) is 0 Å². The molecule has 26 heavy (non-hydrogen) atoms. The van der Waals surface area contributed by atoms with Crippen molar-refractivity contribution in [1.82, 2.24) is 15.2 Å². The van der Waals surface area contributed by atoms with Gasteiger partial charge in [-0.15, -0.1) is 0 Å². The number of amides is 2. The highest BCUT2D eigenvalue weighted by Crippen LogP contribution is 2.39. The summed E-state index contributed by atoms with van der Waals surface area (Å²) in [7, 11) is 0. The molecule has 4 rings (SSSR count). The third-order valence-corrected chi connectivity index (χ3v) is 5.68. The van der Waals surface area contributed by atoms with E-state index in [9.17, 15) is 9.59 Å². The Morgan fingerprint density at radius 2 is 1.88 bits per heavy atom. The van der Waals surface area contributed by atoms with Gasteiger partial charge in [0, 0.05) is 24.8 Å². The zero-order valence-corrected chi connectivity index (χ0v) is 15.1. The molecule has 0 aliphatic carbocycles. The fourth-order valence-corrected chi connectivity index (χ4v) is 4.08. The number of piperidine rings is 1. The number of nitrogens with zero attached hydrogens (tertiary/aromatic N) is 2. The molecule has 1 N–H and O–H groups in total. The molecule has 1 atom stereocenters. The van der Waals surface area contributed by atoms with Crippen LogP contribution in [0.2, 0.25) is 5.02 Å². The normalized spacial score (nSPS) is 21.7. The summed E-state index contributed by atoms with van der Waals surface area (Å²) in [5.41, 5.74) is 1.26. The Bertz CT molecular complexity index is 815. The van der Waals surface area contributed by atoms with E-state index in [2.05, 4.69) is 10.3 Å². The number of nitrogens with one attached hydrogen (secondary N) is 1. The molecular weight excluding hydrogens is 350 g/mol. The van der Waals surface area contributed by atoms with Gasteiger partial charge in [0.2, 0.25) is 5.91 Å². The van der Waals surface area contributed by atoms with Gasteiger partial charge in [0.25, 0.3) is 5.91 Å². The molecule has 0 bridgehead atoms. The molecule has 1 aromatic heterocycles. The molecule has 6 heteroatoms. The molecule has 134 valence electrons. The highest BCUT2D eigenvalue weighted by Gasteiger charge is 2.46. The van der Waals surface area contributed by atoms with E-state index in [4.69, 9.17) is 11.6 Å². The zero-order chi connectivity index (χ0) is 18.1. The van der Waals surface area contributed by atoms with Crippen molar-refractivity contribution in [3.05, 3.63) is 64.9 Å². The van der Waals surface area contributed by atoms with Crippen molar-refractivity contribution in [2.24, 2.45) is 0 Å². The SMILES string of the molecule is O=C1NC2(CCN(C(=O)c3ccc(Cl)cn3)CC2)C[C@@H]1c1ccccc1. The van der Waals surface area contributed by atoms with E-state index >= 15 is 0 Å². The van der Waals surface area contributed by atoms with Crippen LogP contribution in [-0.2, 0) is 4.79 Å². The van der Waals surface area contributed by atoms with Gasteiger partial charge < -0.3 is 10.2 Å². The van der Waals surface area contributed by atoms with Crippen molar-refractivity contribution >= 4 is 23.4 Å². The summed E-state index contributed by atoms with van der Waals surface area (Å²) in [6, 6.07) is 13.2. The lowest BCUT2D eigenvalue weighted by Crippen LogP contribution is -2.52. The van der Waals surface area contributed by atoms with Crippen molar-refractivity contribution in [2.45, 2.75) is 30.7 Å². The molecule has 1 spiro atoms. The first-order valence-electron chi connectivity index (χ1n) is 8.84. The van der Waals surface area contributed by atoms with Gasteiger partial charge in [-0.25, -0.2) is 4.98 Å². The van der Waals surface area contributed by atoms with E-state index in [1.54, 1.807) is 12.1 Å². The number of carbonyl (C=O) groups is 2. The van der Waals surface area contributed by atoms with Crippen LogP contribution in [0.4, 0.5) is 0 Å². The standard InChI is InChI=1S/C20H20ClN3O2/c21-15-6-7-17(22-13-15)19(26)24-10-8-20(9-11-24)12-16(18(25)23-20)14-4-2-1-3-5-14/h1-7,13,16H,8-12H2,(H,23,25)/t16-/m1/s1. The molecule has 3 heterocycles. The molecule has 2 fully saturated rings. The van der Waals surface area contributed by atoms with Crippen LogP contribution >= 0.6 is 11.6 Å². The Labute approximate surface area is 157 Å². The summed E-state index contributed by atoms with van der Waals surface area (Å²) >= 11 is 5.83. The molecule has 2 aromatic rings. The number of likely N-dealkylation sites (tertiary alicyclic amines) is 1. The van der Waals surface area contributed by atoms with E-state index < -0.39 is 0 Å². The number of hydrogen-bond acceptors (Lipinski definition) is 3. The number of rotatable bonds is 2. The summed E-state index contributed by atoms with van der Waals surface area (Å²) in [6.45, 7) is 1.23. The monoisotopic (exact) mass is 369 g/mol. The van der Waals surface area contributed by atoms with Gasteiger partial charge in [0.1, 0.15) is 5.69 Å². The molecule has 2 saturated heterocycles. The van der Waals surface area contributed by atoms with E-state index in [0.29, 0.717) is 23.8 Å². The molecule has 0 radical (unpaired) electrons. The minimum Gasteiger partial charge on any atom is -0.350 e. The molecule has 0 unspecified atom stereocenters. The Kier molecular flexibility index (Phi) is 4.41. The Hall–Kier alpha value is -2.40. The maximum absolute atomic E-state index is 12.6. The van der Waals surface area contributed by atoms with Crippen LogP contribution in [0.5, 0.6) is 0 Å². The van der Waals surface area contributed by atoms with Crippen LogP contribution in [0.25, 0.3) is 0 Å². The first-order valence-corrected chi connectivity index (χ1v) is 9.22. The molecule has 2 amide bonds. The lowest BCUT2D eigenvalue weighted by Gasteiger charge is -2.39. The quantitative estimate of drug-likeness (QED) is 0.885. The smallest absolute Gasteiger partial charge is 0.272 e. The van der Waals surface area contributed by atoms with Crippen molar-refractivity contribution in [3.8, 4) is 0 Å². The van der Waals surface area contributed by atoms with Gasteiger partial charge in [-0.05, 0) is 37.0 Å². The third kappa shape index (κ3) is 3.19. The summed E-state index contributed by atoms with van der Waals surface area (Å²) in [4.78, 5) is 31.0. The van der Waals surface area contributed by atoms with Gasteiger partial charge in [0.05, 0.1) is 10.9 Å². The number of carbonyl (C=O) groups excluding carboxylic acids is 2. The number of pyridine rings is 1. The molecular formula is C20H20ClN3O2.